The van der Waals surface area contributed by atoms with E-state index in [4.69, 9.17) is 9.47 Å². The van der Waals surface area contributed by atoms with Crippen molar-refractivity contribution in [2.24, 2.45) is 5.92 Å². The standard InChI is InChI=1S/C16H30O4/c1-6-7-8-9-13(4)19-15(17)10-11-16(18)20-14(5)12(2)3/h12-14H,6-11H2,1-5H3. The largest absolute Gasteiger partial charge is 0.463 e. The normalized spacial score (nSPS) is 13.9. The Balaban J connectivity index is 3.79. The van der Waals surface area contributed by atoms with E-state index < -0.39 is 0 Å². The van der Waals surface area contributed by atoms with Gasteiger partial charge in [-0.2, -0.15) is 0 Å². The van der Waals surface area contributed by atoms with Crippen LogP contribution in [-0.2, 0) is 19.1 Å². The van der Waals surface area contributed by atoms with Crippen LogP contribution in [0.25, 0.3) is 0 Å². The van der Waals surface area contributed by atoms with Crippen molar-refractivity contribution >= 4 is 11.9 Å². The van der Waals surface area contributed by atoms with Crippen molar-refractivity contribution in [2.45, 2.75) is 85.4 Å². The number of ether oxygens (including phenoxy) is 2. The highest BCUT2D eigenvalue weighted by Crippen LogP contribution is 2.10. The summed E-state index contributed by atoms with van der Waals surface area (Å²) >= 11 is 0. The molecule has 0 aliphatic rings. The lowest BCUT2D eigenvalue weighted by Gasteiger charge is -2.16. The summed E-state index contributed by atoms with van der Waals surface area (Å²) in [7, 11) is 0. The van der Waals surface area contributed by atoms with Crippen LogP contribution in [0.15, 0.2) is 0 Å². The second-order valence-corrected chi connectivity index (χ2v) is 5.74. The molecule has 0 aromatic heterocycles. The molecule has 0 aromatic rings. The van der Waals surface area contributed by atoms with Crippen LogP contribution in [-0.4, -0.2) is 24.1 Å². The summed E-state index contributed by atoms with van der Waals surface area (Å²) in [6.45, 7) is 9.87. The molecule has 118 valence electrons. The van der Waals surface area contributed by atoms with Gasteiger partial charge in [0, 0.05) is 0 Å². The number of hydrogen-bond acceptors (Lipinski definition) is 4. The second-order valence-electron chi connectivity index (χ2n) is 5.74. The molecule has 2 atom stereocenters. The first kappa shape index (κ1) is 18.9. The number of unbranched alkanes of at least 4 members (excludes halogenated alkanes) is 2. The summed E-state index contributed by atoms with van der Waals surface area (Å²) in [4.78, 5) is 23.1. The average molecular weight is 286 g/mol. The van der Waals surface area contributed by atoms with E-state index in [9.17, 15) is 9.59 Å². The molecule has 4 nitrogen and oxygen atoms in total. The van der Waals surface area contributed by atoms with E-state index in [1.807, 2.05) is 27.7 Å². The number of carbonyl (C=O) groups excluding carboxylic acids is 2. The Bertz CT molecular complexity index is 286. The Morgan fingerprint density at radius 2 is 1.45 bits per heavy atom. The highest BCUT2D eigenvalue weighted by atomic mass is 16.5. The Morgan fingerprint density at radius 3 is 1.95 bits per heavy atom. The molecule has 0 rings (SSSR count). The zero-order valence-electron chi connectivity index (χ0n) is 13.6. The quantitative estimate of drug-likeness (QED) is 0.452. The van der Waals surface area contributed by atoms with Crippen LogP contribution in [0.5, 0.6) is 0 Å². The maximum absolute atomic E-state index is 11.6. The first-order valence-electron chi connectivity index (χ1n) is 7.75. The van der Waals surface area contributed by atoms with Crippen molar-refractivity contribution in [1.82, 2.24) is 0 Å². The average Bonchev–Trinajstić information content (AvgIpc) is 2.36. The maximum atomic E-state index is 11.6. The molecule has 0 bridgehead atoms. The van der Waals surface area contributed by atoms with Gasteiger partial charge in [0.05, 0.1) is 18.9 Å². The molecule has 0 saturated carbocycles. The molecule has 0 amide bonds. The third-order valence-electron chi connectivity index (χ3n) is 3.34. The van der Waals surface area contributed by atoms with E-state index in [-0.39, 0.29) is 42.9 Å². The van der Waals surface area contributed by atoms with Gasteiger partial charge in [0.1, 0.15) is 6.10 Å². The molecule has 0 aromatic carbocycles. The highest BCUT2D eigenvalue weighted by molar-refractivity contribution is 5.77. The lowest BCUT2D eigenvalue weighted by atomic mass is 10.1. The van der Waals surface area contributed by atoms with E-state index in [0.29, 0.717) is 0 Å². The molecule has 4 heteroatoms. The summed E-state index contributed by atoms with van der Waals surface area (Å²) in [5.74, 6) is -0.366. The van der Waals surface area contributed by atoms with Gasteiger partial charge in [-0.25, -0.2) is 0 Å². The molecule has 0 aliphatic heterocycles. The van der Waals surface area contributed by atoms with Crippen LogP contribution < -0.4 is 0 Å². The molecule has 0 spiro atoms. The van der Waals surface area contributed by atoms with E-state index in [0.717, 1.165) is 25.7 Å². The number of carbonyl (C=O) groups is 2. The summed E-state index contributed by atoms with van der Waals surface area (Å²) < 4.78 is 10.5. The van der Waals surface area contributed by atoms with E-state index in [1.165, 1.54) is 0 Å². The van der Waals surface area contributed by atoms with E-state index in [2.05, 4.69) is 6.92 Å². The lowest BCUT2D eigenvalue weighted by Crippen LogP contribution is -2.21. The Hall–Kier alpha value is -1.06. The van der Waals surface area contributed by atoms with Gasteiger partial charge >= 0.3 is 11.9 Å². The summed E-state index contributed by atoms with van der Waals surface area (Å²) in [5.41, 5.74) is 0. The first-order chi connectivity index (χ1) is 9.36. The van der Waals surface area contributed by atoms with Crippen LogP contribution in [0.3, 0.4) is 0 Å². The van der Waals surface area contributed by atoms with Crippen LogP contribution in [0, 0.1) is 5.92 Å². The monoisotopic (exact) mass is 286 g/mol. The van der Waals surface area contributed by atoms with Crippen molar-refractivity contribution in [3.8, 4) is 0 Å². The fourth-order valence-corrected chi connectivity index (χ4v) is 1.63. The minimum absolute atomic E-state index is 0.0698. The third-order valence-corrected chi connectivity index (χ3v) is 3.34. The van der Waals surface area contributed by atoms with Crippen molar-refractivity contribution in [1.29, 1.82) is 0 Å². The van der Waals surface area contributed by atoms with Crippen molar-refractivity contribution < 1.29 is 19.1 Å². The molecule has 20 heavy (non-hydrogen) atoms. The van der Waals surface area contributed by atoms with Crippen LogP contribution in [0.1, 0.15) is 73.1 Å². The fourth-order valence-electron chi connectivity index (χ4n) is 1.63. The zero-order valence-corrected chi connectivity index (χ0v) is 13.6. The number of esters is 2. The van der Waals surface area contributed by atoms with Crippen LogP contribution in [0.4, 0.5) is 0 Å². The zero-order chi connectivity index (χ0) is 15.5. The molecule has 0 heterocycles. The topological polar surface area (TPSA) is 52.6 Å². The Labute approximate surface area is 123 Å². The molecule has 0 saturated heterocycles. The van der Waals surface area contributed by atoms with Gasteiger partial charge in [-0.15, -0.1) is 0 Å². The molecule has 0 aliphatic carbocycles. The third kappa shape index (κ3) is 9.82. The van der Waals surface area contributed by atoms with Gasteiger partial charge in [0.2, 0.25) is 0 Å². The van der Waals surface area contributed by atoms with Crippen molar-refractivity contribution in [3.63, 3.8) is 0 Å². The summed E-state index contributed by atoms with van der Waals surface area (Å²) in [6.07, 6.45) is 4.26. The minimum atomic E-state index is -0.332. The van der Waals surface area contributed by atoms with Crippen LogP contribution in [0.2, 0.25) is 0 Å². The van der Waals surface area contributed by atoms with Gasteiger partial charge < -0.3 is 9.47 Å². The molecule has 0 N–H and O–H groups in total. The smallest absolute Gasteiger partial charge is 0.306 e. The predicted molar refractivity (Wildman–Crippen MR) is 79.3 cm³/mol. The Kier molecular flexibility index (Phi) is 10.1. The van der Waals surface area contributed by atoms with Gasteiger partial charge in [0.15, 0.2) is 0 Å². The van der Waals surface area contributed by atoms with Gasteiger partial charge in [-0.1, -0.05) is 33.6 Å². The number of hydrogen-bond donors (Lipinski definition) is 0. The summed E-state index contributed by atoms with van der Waals surface area (Å²) in [6, 6.07) is 0. The number of rotatable bonds is 10. The molecular weight excluding hydrogens is 256 g/mol. The SMILES string of the molecule is CCCCCC(C)OC(=O)CCC(=O)OC(C)C(C)C. The molecule has 2 unspecified atom stereocenters. The van der Waals surface area contributed by atoms with E-state index in [1.54, 1.807) is 0 Å². The fraction of sp³-hybridized carbons (Fsp3) is 0.875. The van der Waals surface area contributed by atoms with E-state index >= 15 is 0 Å². The van der Waals surface area contributed by atoms with Gasteiger partial charge in [0.25, 0.3) is 0 Å². The highest BCUT2D eigenvalue weighted by Gasteiger charge is 2.16. The molecular formula is C16H30O4. The Morgan fingerprint density at radius 1 is 0.900 bits per heavy atom. The molecule has 0 radical (unpaired) electrons. The van der Waals surface area contributed by atoms with Crippen LogP contribution >= 0.6 is 0 Å². The first-order valence-corrected chi connectivity index (χ1v) is 7.75. The minimum Gasteiger partial charge on any atom is -0.463 e. The predicted octanol–water partition coefficient (Wildman–Crippen LogP) is 3.87. The van der Waals surface area contributed by atoms with Crippen molar-refractivity contribution in [3.05, 3.63) is 0 Å². The lowest BCUT2D eigenvalue weighted by molar-refractivity contribution is -0.156. The van der Waals surface area contributed by atoms with Crippen molar-refractivity contribution in [2.75, 3.05) is 0 Å². The maximum Gasteiger partial charge on any atom is 0.306 e. The summed E-state index contributed by atoms with van der Waals surface area (Å²) in [5, 5.41) is 0. The van der Waals surface area contributed by atoms with Gasteiger partial charge in [-0.05, 0) is 32.6 Å². The van der Waals surface area contributed by atoms with Gasteiger partial charge in [-0.3, -0.25) is 9.59 Å². The molecule has 0 fully saturated rings. The second kappa shape index (κ2) is 10.7.